The minimum atomic E-state index is -0.546. The maximum atomic E-state index is 14.1. The Kier molecular flexibility index (Phi) is 8.57. The van der Waals surface area contributed by atoms with Gasteiger partial charge < -0.3 is 18.9 Å². The number of hydrogen-bond donors (Lipinski definition) is 0. The average molecular weight is 546 g/mol. The number of methoxy groups -OCH3 is 2. The third-order valence-corrected chi connectivity index (χ3v) is 8.43. The summed E-state index contributed by atoms with van der Waals surface area (Å²) in [6.07, 6.45) is 5.92. The predicted octanol–water partition coefficient (Wildman–Crippen LogP) is 6.55. The molecule has 2 aliphatic carbocycles. The number of benzene rings is 2. The number of Topliss-reactive ketones (excluding diaryl/α,β-unsaturated/α-hetero) is 1. The summed E-state index contributed by atoms with van der Waals surface area (Å²) in [7, 11) is 3.21. The summed E-state index contributed by atoms with van der Waals surface area (Å²) in [6.45, 7) is 4.28. The molecule has 0 N–H and O–H groups in total. The normalized spacial score (nSPS) is 23.2. The number of ketones is 1. The predicted molar refractivity (Wildman–Crippen MR) is 153 cm³/mol. The molecule has 2 fully saturated rings. The third-order valence-electron chi connectivity index (χ3n) is 8.43. The molecule has 3 aliphatic rings. The van der Waals surface area contributed by atoms with Crippen molar-refractivity contribution >= 4 is 17.5 Å². The number of carbonyl (C=O) groups excluding carboxylic acids is 2. The number of para-hydroxylation sites is 1. The Hall–Kier alpha value is -3.61. The van der Waals surface area contributed by atoms with Crippen molar-refractivity contribution in [2.24, 2.45) is 10.9 Å². The van der Waals surface area contributed by atoms with Crippen LogP contribution in [-0.2, 0) is 14.3 Å². The molecule has 1 heterocycles. The Morgan fingerprint density at radius 1 is 0.925 bits per heavy atom. The van der Waals surface area contributed by atoms with Crippen LogP contribution in [0.25, 0.3) is 0 Å². The van der Waals surface area contributed by atoms with Gasteiger partial charge in [-0.05, 0) is 75.6 Å². The van der Waals surface area contributed by atoms with E-state index in [1.807, 2.05) is 56.3 Å². The van der Waals surface area contributed by atoms with Gasteiger partial charge in [-0.3, -0.25) is 9.79 Å². The van der Waals surface area contributed by atoms with Gasteiger partial charge in [-0.25, -0.2) is 4.79 Å². The maximum Gasteiger partial charge on any atom is 0.336 e. The lowest BCUT2D eigenvalue weighted by Crippen LogP contribution is -2.41. The molecule has 212 valence electrons. The lowest BCUT2D eigenvalue weighted by molar-refractivity contribution is -0.146. The standard InChI is InChI=1S/C33H39NO6/c1-5-39-27-14-10-9-13-24(27)31-30(33(36)40-23-11-7-6-8-12-23)20(2)34-25-17-22(18-26(35)32(25)31)21-15-16-28(37-3)29(19-21)38-4/h9-10,13-16,19,22-23,31-32H,5-8,11-12,17-18H2,1-4H3/t22-,31+,32?/m1/s1. The molecule has 1 aliphatic heterocycles. The van der Waals surface area contributed by atoms with Crippen molar-refractivity contribution in [3.05, 3.63) is 64.9 Å². The summed E-state index contributed by atoms with van der Waals surface area (Å²) in [5.41, 5.74) is 3.73. The van der Waals surface area contributed by atoms with E-state index in [1.54, 1.807) is 14.2 Å². The van der Waals surface area contributed by atoms with Gasteiger partial charge in [0, 0.05) is 29.3 Å². The molecule has 0 saturated heterocycles. The largest absolute Gasteiger partial charge is 0.494 e. The van der Waals surface area contributed by atoms with Crippen LogP contribution in [0.5, 0.6) is 17.2 Å². The molecule has 40 heavy (non-hydrogen) atoms. The summed E-state index contributed by atoms with van der Waals surface area (Å²) in [6, 6.07) is 13.5. The van der Waals surface area contributed by atoms with Gasteiger partial charge in [0.05, 0.1) is 32.3 Å². The Bertz CT molecular complexity index is 1320. The van der Waals surface area contributed by atoms with Gasteiger partial charge in [0.1, 0.15) is 17.6 Å². The second kappa shape index (κ2) is 12.3. The first-order chi connectivity index (χ1) is 19.4. The highest BCUT2D eigenvalue weighted by Crippen LogP contribution is 2.48. The van der Waals surface area contributed by atoms with Gasteiger partial charge in [-0.2, -0.15) is 0 Å². The first-order valence-electron chi connectivity index (χ1n) is 14.4. The fraction of sp³-hybridized carbons (Fsp3) is 0.485. The summed E-state index contributed by atoms with van der Waals surface area (Å²) in [4.78, 5) is 32.8. The second-order valence-electron chi connectivity index (χ2n) is 10.9. The lowest BCUT2D eigenvalue weighted by atomic mass is 9.66. The molecule has 0 radical (unpaired) electrons. The molecule has 0 amide bonds. The number of esters is 1. The van der Waals surface area contributed by atoms with Gasteiger partial charge in [0.25, 0.3) is 0 Å². The van der Waals surface area contributed by atoms with Gasteiger partial charge in [0.15, 0.2) is 11.5 Å². The maximum absolute atomic E-state index is 14.1. The van der Waals surface area contributed by atoms with E-state index in [0.717, 1.165) is 42.5 Å². The summed E-state index contributed by atoms with van der Waals surface area (Å²) < 4.78 is 23.0. The fourth-order valence-corrected chi connectivity index (χ4v) is 6.54. The zero-order valence-corrected chi connectivity index (χ0v) is 23.9. The van der Waals surface area contributed by atoms with Crippen LogP contribution >= 0.6 is 0 Å². The van der Waals surface area contributed by atoms with Crippen LogP contribution in [0.15, 0.2) is 58.7 Å². The van der Waals surface area contributed by atoms with Crippen molar-refractivity contribution in [2.45, 2.75) is 76.7 Å². The van der Waals surface area contributed by atoms with Crippen LogP contribution in [0.2, 0.25) is 0 Å². The monoisotopic (exact) mass is 545 g/mol. The second-order valence-corrected chi connectivity index (χ2v) is 10.9. The number of rotatable bonds is 8. The quantitative estimate of drug-likeness (QED) is 0.350. The van der Waals surface area contributed by atoms with E-state index in [1.165, 1.54) is 6.42 Å². The summed E-state index contributed by atoms with van der Waals surface area (Å²) in [5.74, 6) is 0.562. The Balaban J connectivity index is 1.55. The zero-order valence-electron chi connectivity index (χ0n) is 23.9. The molecular formula is C33H39NO6. The van der Waals surface area contributed by atoms with E-state index >= 15 is 0 Å². The van der Waals surface area contributed by atoms with Gasteiger partial charge in [0.2, 0.25) is 0 Å². The molecule has 2 aromatic carbocycles. The molecule has 2 aromatic rings. The highest BCUT2D eigenvalue weighted by Gasteiger charge is 2.47. The number of hydrogen-bond acceptors (Lipinski definition) is 7. The van der Waals surface area contributed by atoms with Crippen molar-refractivity contribution in [3.8, 4) is 17.2 Å². The minimum absolute atomic E-state index is 0.0476. The average Bonchev–Trinajstić information content (AvgIpc) is 2.97. The van der Waals surface area contributed by atoms with Crippen LogP contribution < -0.4 is 14.2 Å². The van der Waals surface area contributed by atoms with Crippen LogP contribution in [-0.4, -0.2) is 44.4 Å². The van der Waals surface area contributed by atoms with Gasteiger partial charge >= 0.3 is 5.97 Å². The molecule has 0 aromatic heterocycles. The number of aliphatic imine (C=N–C) groups is 1. The molecular weight excluding hydrogens is 506 g/mol. The van der Waals surface area contributed by atoms with E-state index in [9.17, 15) is 9.59 Å². The highest BCUT2D eigenvalue weighted by atomic mass is 16.5. The molecule has 0 spiro atoms. The Morgan fingerprint density at radius 2 is 1.68 bits per heavy atom. The topological polar surface area (TPSA) is 83.4 Å². The van der Waals surface area contributed by atoms with E-state index in [2.05, 4.69) is 0 Å². The molecule has 7 heteroatoms. The van der Waals surface area contributed by atoms with Crippen molar-refractivity contribution < 1.29 is 28.5 Å². The Morgan fingerprint density at radius 3 is 2.40 bits per heavy atom. The lowest BCUT2D eigenvalue weighted by Gasteiger charge is -2.39. The summed E-state index contributed by atoms with van der Waals surface area (Å²) >= 11 is 0. The minimum Gasteiger partial charge on any atom is -0.494 e. The first kappa shape index (κ1) is 27.9. The third kappa shape index (κ3) is 5.51. The molecule has 3 atom stereocenters. The number of nitrogens with zero attached hydrogens (tertiary/aromatic N) is 1. The van der Waals surface area contributed by atoms with Crippen molar-refractivity contribution in [2.75, 3.05) is 20.8 Å². The molecule has 0 bridgehead atoms. The van der Waals surface area contributed by atoms with Gasteiger partial charge in [-0.1, -0.05) is 30.7 Å². The van der Waals surface area contributed by atoms with Crippen molar-refractivity contribution in [1.82, 2.24) is 0 Å². The fourth-order valence-electron chi connectivity index (χ4n) is 6.54. The smallest absolute Gasteiger partial charge is 0.336 e. The SMILES string of the molecule is CCOc1ccccc1[C@H]1C(C(=O)OC2CCCCC2)=C(C)N=C2C[C@@H](c3ccc(OC)c(OC)c3)CC(=O)C21. The summed E-state index contributed by atoms with van der Waals surface area (Å²) in [5, 5.41) is 0. The van der Waals surface area contributed by atoms with Crippen LogP contribution in [0.3, 0.4) is 0 Å². The zero-order chi connectivity index (χ0) is 28.2. The van der Waals surface area contributed by atoms with E-state index < -0.39 is 11.8 Å². The van der Waals surface area contributed by atoms with E-state index in [-0.39, 0.29) is 23.8 Å². The van der Waals surface area contributed by atoms with Gasteiger partial charge in [-0.15, -0.1) is 0 Å². The number of carbonyl (C=O) groups is 2. The molecule has 2 saturated carbocycles. The number of allylic oxidation sites excluding steroid dienone is 1. The molecule has 7 nitrogen and oxygen atoms in total. The van der Waals surface area contributed by atoms with E-state index in [0.29, 0.717) is 48.0 Å². The molecule has 1 unspecified atom stereocenters. The number of ether oxygens (including phenoxy) is 4. The van der Waals surface area contributed by atoms with E-state index in [4.69, 9.17) is 23.9 Å². The highest BCUT2D eigenvalue weighted by molar-refractivity contribution is 6.12. The van der Waals surface area contributed by atoms with Crippen molar-refractivity contribution in [1.29, 1.82) is 0 Å². The Labute approximate surface area is 236 Å². The molecule has 5 rings (SSSR count). The van der Waals surface area contributed by atoms with Crippen LogP contribution in [0.1, 0.15) is 81.8 Å². The van der Waals surface area contributed by atoms with Crippen LogP contribution in [0.4, 0.5) is 0 Å². The number of fused-ring (bicyclic) bond motifs is 1. The first-order valence-corrected chi connectivity index (χ1v) is 14.4. The van der Waals surface area contributed by atoms with Crippen molar-refractivity contribution in [3.63, 3.8) is 0 Å². The van der Waals surface area contributed by atoms with Crippen LogP contribution in [0, 0.1) is 5.92 Å².